The first-order chi connectivity index (χ1) is 13.8. The van der Waals surface area contributed by atoms with Gasteiger partial charge in [-0.2, -0.15) is 0 Å². The van der Waals surface area contributed by atoms with E-state index in [-0.39, 0.29) is 47.8 Å². The predicted molar refractivity (Wildman–Crippen MR) is 113 cm³/mol. The van der Waals surface area contributed by atoms with Crippen LogP contribution >= 0.6 is 11.6 Å². The van der Waals surface area contributed by atoms with Crippen LogP contribution in [0.3, 0.4) is 0 Å². The van der Waals surface area contributed by atoms with E-state index >= 15 is 4.39 Å². The van der Waals surface area contributed by atoms with E-state index in [1.54, 1.807) is 43.3 Å². The van der Waals surface area contributed by atoms with Gasteiger partial charge in [0.25, 0.3) is 0 Å². The number of carbonyl (C=O) groups is 1. The second kappa shape index (κ2) is 11.1. The molecule has 0 fully saturated rings. The Morgan fingerprint density at radius 2 is 1.86 bits per heavy atom. The molecule has 0 unspecified atom stereocenters. The molecule has 2 rings (SSSR count). The molecule has 0 radical (unpaired) electrons. The van der Waals surface area contributed by atoms with Gasteiger partial charge in [-0.3, -0.25) is 4.79 Å². The molecule has 0 saturated carbocycles. The lowest BCUT2D eigenvalue weighted by molar-refractivity contribution is -0.122. The van der Waals surface area contributed by atoms with Gasteiger partial charge in [0.05, 0.1) is 11.6 Å². The summed E-state index contributed by atoms with van der Waals surface area (Å²) in [7, 11) is 0. The molecular weight excluding hydrogens is 395 g/mol. The van der Waals surface area contributed by atoms with Crippen LogP contribution in [-0.2, 0) is 4.79 Å². The average molecular weight is 423 g/mol. The van der Waals surface area contributed by atoms with E-state index in [0.717, 1.165) is 0 Å². The van der Waals surface area contributed by atoms with Crippen molar-refractivity contribution in [3.63, 3.8) is 0 Å². The lowest BCUT2D eigenvalue weighted by atomic mass is 10.0. The molecule has 2 aromatic rings. The number of hydrogen-bond donors (Lipinski definition) is 3. The van der Waals surface area contributed by atoms with Crippen LogP contribution in [0.25, 0.3) is 0 Å². The minimum absolute atomic E-state index is 0.0159. The van der Waals surface area contributed by atoms with Gasteiger partial charge in [-0.05, 0) is 38.5 Å². The zero-order valence-electron chi connectivity index (χ0n) is 16.9. The largest absolute Gasteiger partial charge is 0.453 e. The summed E-state index contributed by atoms with van der Waals surface area (Å²) in [6.07, 6.45) is 0.825. The molecule has 0 aliphatic carbocycles. The van der Waals surface area contributed by atoms with Crippen molar-refractivity contribution in [3.05, 3.63) is 58.9 Å². The van der Waals surface area contributed by atoms with E-state index in [1.165, 1.54) is 0 Å². The molecule has 0 aliphatic rings. The molecule has 0 spiro atoms. The van der Waals surface area contributed by atoms with Crippen LogP contribution in [0.15, 0.2) is 42.5 Å². The molecule has 5 nitrogen and oxygen atoms in total. The smallest absolute Gasteiger partial charge is 0.221 e. The monoisotopic (exact) mass is 422 g/mol. The standard InChI is InChI=1S/C22H28ClFN2O3/c1-4-19(25-14(2)12-20(28)26-15(3)13-27)17-10-11-18(23)22(21(17)24)29-16-8-6-5-7-9-16/h5-11,14-15,19,25,27H,4,12-13H2,1-3H3,(H,26,28)/t14-,15-,19-/m1/s1. The summed E-state index contributed by atoms with van der Waals surface area (Å²) in [5.41, 5.74) is 0.429. The molecule has 0 saturated heterocycles. The van der Waals surface area contributed by atoms with Gasteiger partial charge in [0.15, 0.2) is 11.6 Å². The van der Waals surface area contributed by atoms with Crippen molar-refractivity contribution < 1.29 is 19.0 Å². The molecule has 0 bridgehead atoms. The zero-order chi connectivity index (χ0) is 21.4. The van der Waals surface area contributed by atoms with Gasteiger partial charge < -0.3 is 20.5 Å². The third-order valence-electron chi connectivity index (χ3n) is 4.48. The van der Waals surface area contributed by atoms with Crippen molar-refractivity contribution in [2.75, 3.05) is 6.61 Å². The fourth-order valence-corrected chi connectivity index (χ4v) is 3.19. The van der Waals surface area contributed by atoms with Crippen molar-refractivity contribution in [1.82, 2.24) is 10.6 Å². The molecule has 29 heavy (non-hydrogen) atoms. The van der Waals surface area contributed by atoms with Crippen molar-refractivity contribution in [2.24, 2.45) is 0 Å². The number of para-hydroxylation sites is 1. The number of rotatable bonds is 10. The Hall–Kier alpha value is -2.15. The molecule has 0 aromatic heterocycles. The Balaban J connectivity index is 2.14. The Morgan fingerprint density at radius 3 is 2.48 bits per heavy atom. The Bertz CT molecular complexity index is 804. The second-order valence-electron chi connectivity index (χ2n) is 7.08. The van der Waals surface area contributed by atoms with E-state index in [2.05, 4.69) is 10.6 Å². The number of ether oxygens (including phenoxy) is 1. The Kier molecular flexibility index (Phi) is 8.89. The summed E-state index contributed by atoms with van der Waals surface area (Å²) >= 11 is 6.18. The maximum absolute atomic E-state index is 15.2. The summed E-state index contributed by atoms with van der Waals surface area (Å²) in [6, 6.07) is 11.3. The van der Waals surface area contributed by atoms with E-state index in [0.29, 0.717) is 17.7 Å². The average Bonchev–Trinajstić information content (AvgIpc) is 2.70. The number of aliphatic hydroxyl groups excluding tert-OH is 1. The number of nitrogens with one attached hydrogen (secondary N) is 2. The van der Waals surface area contributed by atoms with Crippen LogP contribution in [-0.4, -0.2) is 29.7 Å². The molecule has 0 aliphatic heterocycles. The summed E-state index contributed by atoms with van der Waals surface area (Å²) in [5.74, 6) is -0.218. The molecule has 2 aromatic carbocycles. The molecule has 7 heteroatoms. The third-order valence-corrected chi connectivity index (χ3v) is 4.78. The lowest BCUT2D eigenvalue weighted by Gasteiger charge is -2.24. The topological polar surface area (TPSA) is 70.6 Å². The number of amides is 1. The minimum atomic E-state index is -0.522. The highest BCUT2D eigenvalue weighted by atomic mass is 35.5. The van der Waals surface area contributed by atoms with Gasteiger partial charge in [0.2, 0.25) is 5.91 Å². The summed E-state index contributed by atoms with van der Waals surface area (Å²) in [4.78, 5) is 12.0. The second-order valence-corrected chi connectivity index (χ2v) is 7.49. The van der Waals surface area contributed by atoms with E-state index in [4.69, 9.17) is 21.4 Å². The lowest BCUT2D eigenvalue weighted by Crippen LogP contribution is -2.40. The first kappa shape index (κ1) is 23.1. The van der Waals surface area contributed by atoms with Crippen molar-refractivity contribution in [3.8, 4) is 11.5 Å². The summed E-state index contributed by atoms with van der Waals surface area (Å²) in [5, 5.41) is 15.2. The predicted octanol–water partition coefficient (Wildman–Crippen LogP) is 4.59. The van der Waals surface area contributed by atoms with E-state index in [1.807, 2.05) is 19.9 Å². The maximum atomic E-state index is 15.2. The van der Waals surface area contributed by atoms with Crippen molar-refractivity contribution in [1.29, 1.82) is 0 Å². The fourth-order valence-electron chi connectivity index (χ4n) is 3.00. The van der Waals surface area contributed by atoms with Crippen molar-refractivity contribution in [2.45, 2.75) is 51.7 Å². The molecule has 0 heterocycles. The van der Waals surface area contributed by atoms with E-state index in [9.17, 15) is 4.79 Å². The van der Waals surface area contributed by atoms with Gasteiger partial charge in [0, 0.05) is 30.1 Å². The molecule has 158 valence electrons. The Labute approximate surface area is 176 Å². The third kappa shape index (κ3) is 6.70. The number of carbonyl (C=O) groups excluding carboxylic acids is 1. The van der Waals surface area contributed by atoms with E-state index < -0.39 is 5.82 Å². The summed E-state index contributed by atoms with van der Waals surface area (Å²) < 4.78 is 20.9. The number of benzene rings is 2. The molecule has 1 amide bonds. The molecule has 3 N–H and O–H groups in total. The van der Waals surface area contributed by atoms with Gasteiger partial charge in [-0.1, -0.05) is 42.8 Å². The molecular formula is C22H28ClFN2O3. The van der Waals surface area contributed by atoms with Gasteiger partial charge in [-0.25, -0.2) is 4.39 Å². The van der Waals surface area contributed by atoms with Crippen LogP contribution < -0.4 is 15.4 Å². The number of hydrogen-bond acceptors (Lipinski definition) is 4. The van der Waals surface area contributed by atoms with Crippen LogP contribution in [0.2, 0.25) is 5.02 Å². The van der Waals surface area contributed by atoms with Gasteiger partial charge in [-0.15, -0.1) is 0 Å². The Morgan fingerprint density at radius 1 is 1.17 bits per heavy atom. The van der Waals surface area contributed by atoms with Crippen LogP contribution in [0.1, 0.15) is 45.2 Å². The SMILES string of the molecule is CC[C@@H](N[C@H](C)CC(=O)N[C@H](C)CO)c1ccc(Cl)c(Oc2ccccc2)c1F. The first-order valence-electron chi connectivity index (χ1n) is 9.72. The van der Waals surface area contributed by atoms with Crippen LogP contribution in [0, 0.1) is 5.82 Å². The number of halogens is 2. The molecule has 3 atom stereocenters. The highest BCUT2D eigenvalue weighted by Crippen LogP contribution is 2.36. The highest BCUT2D eigenvalue weighted by Gasteiger charge is 2.22. The normalized spacial score (nSPS) is 14.1. The maximum Gasteiger partial charge on any atom is 0.221 e. The zero-order valence-corrected chi connectivity index (χ0v) is 17.7. The fraction of sp³-hybridized carbons (Fsp3) is 0.409. The number of aliphatic hydroxyl groups is 1. The van der Waals surface area contributed by atoms with Gasteiger partial charge in [0.1, 0.15) is 5.75 Å². The van der Waals surface area contributed by atoms with Crippen LogP contribution in [0.4, 0.5) is 4.39 Å². The van der Waals surface area contributed by atoms with Crippen LogP contribution in [0.5, 0.6) is 11.5 Å². The first-order valence-corrected chi connectivity index (χ1v) is 10.1. The summed E-state index contributed by atoms with van der Waals surface area (Å²) in [6.45, 7) is 5.40. The van der Waals surface area contributed by atoms with Crippen molar-refractivity contribution >= 4 is 17.5 Å². The quantitative estimate of drug-likeness (QED) is 0.523. The highest BCUT2D eigenvalue weighted by molar-refractivity contribution is 6.32. The van der Waals surface area contributed by atoms with Gasteiger partial charge >= 0.3 is 0 Å². The minimum Gasteiger partial charge on any atom is -0.453 e.